The molecule has 1 aromatic rings. The molecule has 0 saturated carbocycles. The SMILES string of the molecule is CS(=O)(=O)c1ccc(N)cc1.Cl.Cl. The van der Waals surface area contributed by atoms with E-state index in [4.69, 9.17) is 5.73 Å². The number of nitrogens with two attached hydrogens (primary N) is 1. The van der Waals surface area contributed by atoms with Gasteiger partial charge in [0.15, 0.2) is 9.84 Å². The van der Waals surface area contributed by atoms with E-state index in [1.165, 1.54) is 18.4 Å². The third-order valence-electron chi connectivity index (χ3n) is 1.31. The van der Waals surface area contributed by atoms with E-state index < -0.39 is 9.84 Å². The second-order valence-corrected chi connectivity index (χ2v) is 4.36. The van der Waals surface area contributed by atoms with Crippen LogP contribution >= 0.6 is 24.8 Å². The zero-order chi connectivity index (χ0) is 8.48. The number of hydrogen-bond acceptors (Lipinski definition) is 3. The molecule has 76 valence electrons. The van der Waals surface area contributed by atoms with Crippen LogP contribution in [0.5, 0.6) is 0 Å². The van der Waals surface area contributed by atoms with Crippen molar-refractivity contribution in [3.8, 4) is 0 Å². The standard InChI is InChI=1S/C7H9NO2S.2ClH/c1-11(9,10)7-4-2-6(8)3-5-7;;/h2-5H,8H2,1H3;2*1H. The molecule has 0 bridgehead atoms. The fourth-order valence-electron chi connectivity index (χ4n) is 0.715. The highest BCUT2D eigenvalue weighted by Crippen LogP contribution is 2.10. The predicted octanol–water partition coefficient (Wildman–Crippen LogP) is 1.52. The Bertz CT molecular complexity index is 347. The molecule has 0 aliphatic heterocycles. The monoisotopic (exact) mass is 243 g/mol. The Morgan fingerprint density at radius 1 is 1.08 bits per heavy atom. The summed E-state index contributed by atoms with van der Waals surface area (Å²) < 4.78 is 21.8. The summed E-state index contributed by atoms with van der Waals surface area (Å²) in [4.78, 5) is 0.298. The number of halogens is 2. The van der Waals surface area contributed by atoms with Crippen LogP contribution in [-0.4, -0.2) is 14.7 Å². The molecule has 0 saturated heterocycles. The molecule has 0 unspecified atom stereocenters. The number of benzene rings is 1. The van der Waals surface area contributed by atoms with Crippen LogP contribution in [0.2, 0.25) is 0 Å². The summed E-state index contributed by atoms with van der Waals surface area (Å²) in [6, 6.07) is 6.11. The number of anilines is 1. The van der Waals surface area contributed by atoms with Gasteiger partial charge < -0.3 is 5.73 Å². The zero-order valence-corrected chi connectivity index (χ0v) is 9.38. The molecule has 1 rings (SSSR count). The Hall–Kier alpha value is -0.450. The van der Waals surface area contributed by atoms with Crippen molar-refractivity contribution in [2.24, 2.45) is 0 Å². The summed E-state index contributed by atoms with van der Waals surface area (Å²) >= 11 is 0. The maximum Gasteiger partial charge on any atom is 0.175 e. The lowest BCUT2D eigenvalue weighted by Crippen LogP contribution is -1.96. The molecule has 0 aliphatic rings. The van der Waals surface area contributed by atoms with Gasteiger partial charge in [0.2, 0.25) is 0 Å². The summed E-state index contributed by atoms with van der Waals surface area (Å²) in [5.41, 5.74) is 5.94. The molecular weight excluding hydrogens is 233 g/mol. The number of sulfone groups is 1. The third-order valence-corrected chi connectivity index (χ3v) is 2.44. The maximum atomic E-state index is 10.9. The van der Waals surface area contributed by atoms with Gasteiger partial charge in [-0.15, -0.1) is 24.8 Å². The third kappa shape index (κ3) is 4.36. The molecule has 1 aromatic carbocycles. The highest BCUT2D eigenvalue weighted by Gasteiger charge is 2.04. The van der Waals surface area contributed by atoms with Gasteiger partial charge in [0.05, 0.1) is 4.90 Å². The van der Waals surface area contributed by atoms with Gasteiger partial charge in [0.1, 0.15) is 0 Å². The highest BCUT2D eigenvalue weighted by atomic mass is 35.5. The first-order valence-electron chi connectivity index (χ1n) is 3.06. The lowest BCUT2D eigenvalue weighted by atomic mass is 10.3. The van der Waals surface area contributed by atoms with Crippen molar-refractivity contribution in [2.75, 3.05) is 12.0 Å². The Balaban J connectivity index is 0. The minimum Gasteiger partial charge on any atom is -0.399 e. The van der Waals surface area contributed by atoms with Crippen molar-refractivity contribution in [1.29, 1.82) is 0 Å². The van der Waals surface area contributed by atoms with Gasteiger partial charge in [0.25, 0.3) is 0 Å². The van der Waals surface area contributed by atoms with Crippen LogP contribution in [0.15, 0.2) is 29.2 Å². The van der Waals surface area contributed by atoms with E-state index in [0.29, 0.717) is 10.6 Å². The molecule has 2 N–H and O–H groups in total. The molecule has 0 atom stereocenters. The molecule has 3 nitrogen and oxygen atoms in total. The molecule has 13 heavy (non-hydrogen) atoms. The van der Waals surface area contributed by atoms with Crippen LogP contribution in [-0.2, 0) is 9.84 Å². The van der Waals surface area contributed by atoms with Gasteiger partial charge in [0, 0.05) is 11.9 Å². The number of rotatable bonds is 1. The van der Waals surface area contributed by atoms with Gasteiger partial charge in [-0.1, -0.05) is 0 Å². The first-order valence-corrected chi connectivity index (χ1v) is 4.95. The average molecular weight is 244 g/mol. The van der Waals surface area contributed by atoms with Crippen molar-refractivity contribution in [3.05, 3.63) is 24.3 Å². The fraction of sp³-hybridized carbons (Fsp3) is 0.143. The van der Waals surface area contributed by atoms with E-state index in [9.17, 15) is 8.42 Å². The first kappa shape index (κ1) is 15.0. The van der Waals surface area contributed by atoms with E-state index in [-0.39, 0.29) is 24.8 Å². The van der Waals surface area contributed by atoms with Crippen molar-refractivity contribution in [3.63, 3.8) is 0 Å². The quantitative estimate of drug-likeness (QED) is 0.762. The summed E-state index contributed by atoms with van der Waals surface area (Å²) in [6.45, 7) is 0. The Labute approximate surface area is 90.1 Å². The molecule has 0 amide bonds. The number of hydrogen-bond donors (Lipinski definition) is 1. The van der Waals surface area contributed by atoms with E-state index in [2.05, 4.69) is 0 Å². The topological polar surface area (TPSA) is 60.2 Å². The number of nitrogen functional groups attached to an aromatic ring is 1. The van der Waals surface area contributed by atoms with E-state index in [0.717, 1.165) is 0 Å². The van der Waals surface area contributed by atoms with Crippen LogP contribution < -0.4 is 5.73 Å². The summed E-state index contributed by atoms with van der Waals surface area (Å²) in [6.07, 6.45) is 1.17. The average Bonchev–Trinajstić information content (AvgIpc) is 1.86. The van der Waals surface area contributed by atoms with Crippen molar-refractivity contribution < 1.29 is 8.42 Å². The van der Waals surface area contributed by atoms with Gasteiger partial charge in [-0.05, 0) is 24.3 Å². The molecule has 0 radical (unpaired) electrons. The summed E-state index contributed by atoms with van der Waals surface area (Å²) in [7, 11) is -3.08. The summed E-state index contributed by atoms with van der Waals surface area (Å²) in [5, 5.41) is 0. The molecule has 0 fully saturated rings. The lowest BCUT2D eigenvalue weighted by Gasteiger charge is -1.96. The Morgan fingerprint density at radius 2 is 1.46 bits per heavy atom. The summed E-state index contributed by atoms with van der Waals surface area (Å²) in [5.74, 6) is 0. The molecule has 0 heterocycles. The second kappa shape index (κ2) is 5.32. The van der Waals surface area contributed by atoms with E-state index in [1.807, 2.05) is 0 Å². The minimum atomic E-state index is -3.08. The van der Waals surface area contributed by atoms with Crippen molar-refractivity contribution >= 4 is 40.3 Å². The Morgan fingerprint density at radius 3 is 1.77 bits per heavy atom. The van der Waals surface area contributed by atoms with Gasteiger partial charge >= 0.3 is 0 Å². The van der Waals surface area contributed by atoms with Crippen LogP contribution in [0.3, 0.4) is 0 Å². The van der Waals surface area contributed by atoms with E-state index >= 15 is 0 Å². The van der Waals surface area contributed by atoms with Gasteiger partial charge in [-0.3, -0.25) is 0 Å². The fourth-order valence-corrected chi connectivity index (χ4v) is 1.35. The normalized spacial score (nSPS) is 9.62. The second-order valence-electron chi connectivity index (χ2n) is 2.34. The maximum absolute atomic E-state index is 10.9. The van der Waals surface area contributed by atoms with Gasteiger partial charge in [-0.25, -0.2) is 8.42 Å². The van der Waals surface area contributed by atoms with Crippen molar-refractivity contribution in [1.82, 2.24) is 0 Å². The van der Waals surface area contributed by atoms with Crippen LogP contribution in [0.1, 0.15) is 0 Å². The minimum absolute atomic E-state index is 0. The highest BCUT2D eigenvalue weighted by molar-refractivity contribution is 7.90. The Kier molecular flexibility index (Phi) is 6.15. The zero-order valence-electron chi connectivity index (χ0n) is 6.93. The van der Waals surface area contributed by atoms with Crippen LogP contribution in [0, 0.1) is 0 Å². The molecule has 0 aliphatic carbocycles. The molecule has 0 aromatic heterocycles. The molecule has 6 heteroatoms. The molecular formula is C7H11Cl2NO2S. The van der Waals surface area contributed by atoms with E-state index in [1.54, 1.807) is 12.1 Å². The largest absolute Gasteiger partial charge is 0.399 e. The van der Waals surface area contributed by atoms with Crippen molar-refractivity contribution in [2.45, 2.75) is 4.90 Å². The first-order chi connectivity index (χ1) is 5.00. The van der Waals surface area contributed by atoms with Crippen LogP contribution in [0.25, 0.3) is 0 Å². The predicted molar refractivity (Wildman–Crippen MR) is 58.5 cm³/mol. The van der Waals surface area contributed by atoms with Crippen LogP contribution in [0.4, 0.5) is 5.69 Å². The van der Waals surface area contributed by atoms with Gasteiger partial charge in [-0.2, -0.15) is 0 Å². The molecule has 0 spiro atoms. The smallest absolute Gasteiger partial charge is 0.175 e. The lowest BCUT2D eigenvalue weighted by molar-refractivity contribution is 0.602.